The van der Waals surface area contributed by atoms with Crippen molar-refractivity contribution in [3.05, 3.63) is 0 Å². The Morgan fingerprint density at radius 2 is 2.44 bits per heavy atom. The molecule has 0 aliphatic carbocycles. The molecule has 1 N–H and O–H groups in total. The van der Waals surface area contributed by atoms with Gasteiger partial charge in [0.1, 0.15) is 5.54 Å². The molecule has 1 unspecified atom stereocenters. The number of hydrogen-bond donors (Lipinski definition) is 1. The van der Waals surface area contributed by atoms with E-state index in [0.29, 0.717) is 6.61 Å². The quantitative estimate of drug-likeness (QED) is 0.418. The number of esters is 1. The van der Waals surface area contributed by atoms with E-state index >= 15 is 0 Å². The van der Waals surface area contributed by atoms with Crippen LogP contribution in [0.5, 0.6) is 0 Å². The molecular formula is C6H11NO2. The number of carbonyl (C=O) groups excluding carboxylic acids is 1. The van der Waals surface area contributed by atoms with E-state index in [2.05, 4.69) is 5.32 Å². The van der Waals surface area contributed by atoms with E-state index < -0.39 is 0 Å². The first-order valence-corrected chi connectivity index (χ1v) is 3.11. The fraction of sp³-hybridized carbons (Fsp3) is 0.833. The average Bonchev–Trinajstić information content (AvgIpc) is 2.50. The van der Waals surface area contributed by atoms with Crippen LogP contribution < -0.4 is 5.32 Å². The molecule has 0 amide bonds. The lowest BCUT2D eigenvalue weighted by Gasteiger charge is -2.03. The Morgan fingerprint density at radius 1 is 1.89 bits per heavy atom. The minimum Gasteiger partial charge on any atom is -0.465 e. The fourth-order valence-electron chi connectivity index (χ4n) is 0.567. The molecule has 3 nitrogen and oxygen atoms in total. The molecule has 1 atom stereocenters. The second-order valence-corrected chi connectivity index (χ2v) is 2.41. The summed E-state index contributed by atoms with van der Waals surface area (Å²) in [7, 11) is 0. The van der Waals surface area contributed by atoms with Crippen molar-refractivity contribution < 1.29 is 9.53 Å². The van der Waals surface area contributed by atoms with E-state index in [9.17, 15) is 4.79 Å². The first kappa shape index (κ1) is 6.55. The van der Waals surface area contributed by atoms with Gasteiger partial charge in [0.15, 0.2) is 0 Å². The van der Waals surface area contributed by atoms with E-state index in [1.54, 1.807) is 0 Å². The molecule has 1 aliphatic rings. The van der Waals surface area contributed by atoms with Gasteiger partial charge in [0, 0.05) is 6.54 Å². The van der Waals surface area contributed by atoms with Crippen LogP contribution in [0.25, 0.3) is 0 Å². The van der Waals surface area contributed by atoms with E-state index in [4.69, 9.17) is 4.74 Å². The number of hydrogen-bond acceptors (Lipinski definition) is 3. The fourth-order valence-corrected chi connectivity index (χ4v) is 0.567. The van der Waals surface area contributed by atoms with Crippen molar-refractivity contribution in [1.29, 1.82) is 0 Å². The molecule has 1 aliphatic heterocycles. The molecule has 1 rings (SSSR count). The molecule has 1 fully saturated rings. The highest BCUT2D eigenvalue weighted by molar-refractivity contribution is 5.83. The zero-order chi connectivity index (χ0) is 6.91. The standard InChI is InChI=1S/C6H11NO2/c1-3-9-5(8)6(2)4-7-6/h7H,3-4H2,1-2H3. The van der Waals surface area contributed by atoms with E-state index in [1.807, 2.05) is 13.8 Å². The van der Waals surface area contributed by atoms with Gasteiger partial charge in [-0.15, -0.1) is 0 Å². The summed E-state index contributed by atoms with van der Waals surface area (Å²) < 4.78 is 4.77. The minimum absolute atomic E-state index is 0.134. The normalized spacial score (nSPS) is 31.8. The lowest BCUT2D eigenvalue weighted by atomic mass is 10.2. The molecule has 0 aromatic rings. The average molecular weight is 129 g/mol. The summed E-state index contributed by atoms with van der Waals surface area (Å²) >= 11 is 0. The molecule has 3 heteroatoms. The van der Waals surface area contributed by atoms with E-state index in [0.717, 1.165) is 6.54 Å². The molecular weight excluding hydrogens is 118 g/mol. The SMILES string of the molecule is CCOC(=O)C1(C)CN1. The number of carbonyl (C=O) groups is 1. The first-order chi connectivity index (χ1) is 4.19. The summed E-state index contributed by atoms with van der Waals surface area (Å²) in [6.07, 6.45) is 0. The Hall–Kier alpha value is -0.570. The molecule has 0 radical (unpaired) electrons. The molecule has 0 aromatic carbocycles. The van der Waals surface area contributed by atoms with Gasteiger partial charge < -0.3 is 4.74 Å². The van der Waals surface area contributed by atoms with E-state index in [-0.39, 0.29) is 11.5 Å². The van der Waals surface area contributed by atoms with Gasteiger partial charge >= 0.3 is 5.97 Å². The van der Waals surface area contributed by atoms with Crippen LogP contribution in [0.1, 0.15) is 13.8 Å². The molecule has 0 bridgehead atoms. The maximum atomic E-state index is 10.8. The summed E-state index contributed by atoms with van der Waals surface area (Å²) in [5, 5.41) is 2.92. The van der Waals surface area contributed by atoms with Gasteiger partial charge in [-0.3, -0.25) is 10.1 Å². The van der Waals surface area contributed by atoms with Crippen molar-refractivity contribution >= 4 is 5.97 Å². The minimum atomic E-state index is -0.351. The van der Waals surface area contributed by atoms with Gasteiger partial charge in [0.05, 0.1) is 6.61 Å². The summed E-state index contributed by atoms with van der Waals surface area (Å²) in [5.74, 6) is -0.134. The van der Waals surface area contributed by atoms with Crippen molar-refractivity contribution in [2.24, 2.45) is 0 Å². The van der Waals surface area contributed by atoms with Gasteiger partial charge in [-0.1, -0.05) is 0 Å². The third-order valence-corrected chi connectivity index (χ3v) is 1.43. The van der Waals surface area contributed by atoms with Crippen LogP contribution >= 0.6 is 0 Å². The maximum Gasteiger partial charge on any atom is 0.327 e. The van der Waals surface area contributed by atoms with Crippen molar-refractivity contribution in [2.75, 3.05) is 13.2 Å². The molecule has 0 aromatic heterocycles. The second kappa shape index (κ2) is 1.99. The summed E-state index contributed by atoms with van der Waals surface area (Å²) in [5.41, 5.74) is -0.351. The van der Waals surface area contributed by atoms with Gasteiger partial charge in [-0.2, -0.15) is 0 Å². The van der Waals surface area contributed by atoms with Crippen molar-refractivity contribution in [2.45, 2.75) is 19.4 Å². The predicted molar refractivity (Wildman–Crippen MR) is 33.0 cm³/mol. The second-order valence-electron chi connectivity index (χ2n) is 2.41. The third-order valence-electron chi connectivity index (χ3n) is 1.43. The van der Waals surface area contributed by atoms with Crippen molar-refractivity contribution in [1.82, 2.24) is 5.32 Å². The van der Waals surface area contributed by atoms with Gasteiger partial charge in [0.25, 0.3) is 0 Å². The van der Waals surface area contributed by atoms with Crippen LogP contribution in [0.4, 0.5) is 0 Å². The highest BCUT2D eigenvalue weighted by Gasteiger charge is 2.45. The number of ether oxygens (including phenoxy) is 1. The van der Waals surface area contributed by atoms with Crippen molar-refractivity contribution in [3.63, 3.8) is 0 Å². The number of rotatable bonds is 2. The van der Waals surface area contributed by atoms with Gasteiger partial charge in [-0.25, -0.2) is 0 Å². The van der Waals surface area contributed by atoms with Crippen LogP contribution in [0.2, 0.25) is 0 Å². The Balaban J connectivity index is 2.34. The number of nitrogens with one attached hydrogen (secondary N) is 1. The lowest BCUT2D eigenvalue weighted by molar-refractivity contribution is -0.145. The third kappa shape index (κ3) is 1.21. The van der Waals surface area contributed by atoms with Crippen molar-refractivity contribution in [3.8, 4) is 0 Å². The zero-order valence-electron chi connectivity index (χ0n) is 5.73. The highest BCUT2D eigenvalue weighted by atomic mass is 16.5. The largest absolute Gasteiger partial charge is 0.465 e. The van der Waals surface area contributed by atoms with Crippen LogP contribution in [-0.2, 0) is 9.53 Å². The Labute approximate surface area is 54.4 Å². The Kier molecular flexibility index (Phi) is 1.45. The van der Waals surface area contributed by atoms with Crippen LogP contribution in [-0.4, -0.2) is 24.7 Å². The molecule has 1 saturated heterocycles. The summed E-state index contributed by atoms with van der Waals surface area (Å²) in [6.45, 7) is 4.87. The summed E-state index contributed by atoms with van der Waals surface area (Å²) in [6, 6.07) is 0. The Morgan fingerprint density at radius 3 is 2.78 bits per heavy atom. The first-order valence-electron chi connectivity index (χ1n) is 3.11. The molecule has 0 spiro atoms. The monoisotopic (exact) mass is 129 g/mol. The van der Waals surface area contributed by atoms with Crippen LogP contribution in [0, 0.1) is 0 Å². The van der Waals surface area contributed by atoms with Crippen LogP contribution in [0.3, 0.4) is 0 Å². The molecule has 1 heterocycles. The van der Waals surface area contributed by atoms with Crippen LogP contribution in [0.15, 0.2) is 0 Å². The smallest absolute Gasteiger partial charge is 0.327 e. The highest BCUT2D eigenvalue weighted by Crippen LogP contribution is 2.16. The van der Waals surface area contributed by atoms with Gasteiger partial charge in [-0.05, 0) is 13.8 Å². The predicted octanol–water partition coefficient (Wildman–Crippen LogP) is -0.0886. The lowest BCUT2D eigenvalue weighted by Crippen LogP contribution is -2.26. The zero-order valence-corrected chi connectivity index (χ0v) is 5.73. The summed E-state index contributed by atoms with van der Waals surface area (Å²) in [4.78, 5) is 10.8. The van der Waals surface area contributed by atoms with E-state index in [1.165, 1.54) is 0 Å². The maximum absolute atomic E-state index is 10.8. The molecule has 52 valence electrons. The topological polar surface area (TPSA) is 48.2 Å². The Bertz CT molecular complexity index is 129. The molecule has 9 heavy (non-hydrogen) atoms. The molecule has 0 saturated carbocycles. The van der Waals surface area contributed by atoms with Gasteiger partial charge in [0.2, 0.25) is 0 Å².